The highest BCUT2D eigenvalue weighted by Gasteiger charge is 2.27. The minimum Gasteiger partial charge on any atom is -0.496 e. The number of hydrogen-bond donors (Lipinski definition) is 1. The lowest BCUT2D eigenvalue weighted by molar-refractivity contribution is -0.907. The van der Waals surface area contributed by atoms with Crippen molar-refractivity contribution >= 4 is 5.91 Å². The number of nitrogens with zero attached hydrogens (tertiary/aromatic N) is 1. The molecule has 1 fully saturated rings. The molecule has 3 rings (SSSR count). The Hall–Kier alpha value is -1.81. The number of carbonyl (C=O) groups is 1. The molecule has 0 spiro atoms. The first-order valence-electron chi connectivity index (χ1n) is 8.69. The van der Waals surface area contributed by atoms with Gasteiger partial charge in [0.05, 0.1) is 45.4 Å². The van der Waals surface area contributed by atoms with Gasteiger partial charge < -0.3 is 14.5 Å². The molecule has 1 unspecified atom stereocenters. The van der Waals surface area contributed by atoms with Gasteiger partial charge in [0.1, 0.15) is 5.75 Å². The molecule has 124 valence electrons. The topological polar surface area (TPSA) is 34.0 Å². The van der Waals surface area contributed by atoms with Crippen molar-refractivity contribution in [2.75, 3.05) is 39.8 Å². The SMILES string of the molecule is COc1ccccc1C(=O)N1CC[NH+](CC2CC=CCC2)CC1. The van der Waals surface area contributed by atoms with Crippen molar-refractivity contribution in [2.45, 2.75) is 19.3 Å². The van der Waals surface area contributed by atoms with Gasteiger partial charge in [0.2, 0.25) is 0 Å². The monoisotopic (exact) mass is 315 g/mol. The van der Waals surface area contributed by atoms with E-state index in [9.17, 15) is 4.79 Å². The fourth-order valence-corrected chi connectivity index (χ4v) is 3.67. The summed E-state index contributed by atoms with van der Waals surface area (Å²) in [5.41, 5.74) is 0.677. The minimum atomic E-state index is 0.0992. The predicted molar refractivity (Wildman–Crippen MR) is 90.9 cm³/mol. The largest absolute Gasteiger partial charge is 0.496 e. The van der Waals surface area contributed by atoms with E-state index in [0.717, 1.165) is 32.1 Å². The maximum Gasteiger partial charge on any atom is 0.258 e. The Morgan fingerprint density at radius 2 is 2.04 bits per heavy atom. The molecule has 1 atom stereocenters. The molecule has 4 heteroatoms. The predicted octanol–water partition coefficient (Wildman–Crippen LogP) is 1.39. The Morgan fingerprint density at radius 1 is 1.26 bits per heavy atom. The summed E-state index contributed by atoms with van der Waals surface area (Å²) >= 11 is 0. The fourth-order valence-electron chi connectivity index (χ4n) is 3.67. The van der Waals surface area contributed by atoms with E-state index in [2.05, 4.69) is 12.2 Å². The molecule has 1 saturated heterocycles. The van der Waals surface area contributed by atoms with E-state index in [-0.39, 0.29) is 5.91 Å². The molecule has 1 aromatic rings. The van der Waals surface area contributed by atoms with E-state index in [1.165, 1.54) is 25.8 Å². The van der Waals surface area contributed by atoms with Gasteiger partial charge in [-0.3, -0.25) is 4.79 Å². The molecule has 0 radical (unpaired) electrons. The lowest BCUT2D eigenvalue weighted by Crippen LogP contribution is -3.15. The van der Waals surface area contributed by atoms with Crippen LogP contribution in [0.2, 0.25) is 0 Å². The van der Waals surface area contributed by atoms with Crippen LogP contribution in [0.1, 0.15) is 29.6 Å². The molecule has 1 heterocycles. The van der Waals surface area contributed by atoms with E-state index >= 15 is 0 Å². The first kappa shape index (κ1) is 16.1. The molecular formula is C19H27N2O2+. The zero-order valence-electron chi connectivity index (χ0n) is 14.0. The van der Waals surface area contributed by atoms with E-state index in [1.54, 1.807) is 12.0 Å². The quantitative estimate of drug-likeness (QED) is 0.852. The van der Waals surface area contributed by atoms with Gasteiger partial charge in [0, 0.05) is 5.92 Å². The Kier molecular flexibility index (Phi) is 5.34. The van der Waals surface area contributed by atoms with Crippen molar-refractivity contribution in [1.82, 2.24) is 4.90 Å². The first-order valence-corrected chi connectivity index (χ1v) is 8.69. The number of piperazine rings is 1. The van der Waals surface area contributed by atoms with Gasteiger partial charge in [-0.05, 0) is 31.4 Å². The van der Waals surface area contributed by atoms with Crippen LogP contribution in [0.25, 0.3) is 0 Å². The maximum atomic E-state index is 12.7. The molecule has 0 bridgehead atoms. The van der Waals surface area contributed by atoms with Crippen molar-refractivity contribution in [3.8, 4) is 5.75 Å². The van der Waals surface area contributed by atoms with Crippen molar-refractivity contribution in [2.24, 2.45) is 5.92 Å². The average molecular weight is 315 g/mol. The third kappa shape index (κ3) is 3.94. The van der Waals surface area contributed by atoms with E-state index < -0.39 is 0 Å². The van der Waals surface area contributed by atoms with Crippen LogP contribution in [0.15, 0.2) is 36.4 Å². The molecule has 2 aliphatic rings. The summed E-state index contributed by atoms with van der Waals surface area (Å²) in [5.74, 6) is 1.59. The normalized spacial score (nSPS) is 22.1. The van der Waals surface area contributed by atoms with Crippen LogP contribution >= 0.6 is 0 Å². The maximum absolute atomic E-state index is 12.7. The molecule has 23 heavy (non-hydrogen) atoms. The van der Waals surface area contributed by atoms with Gasteiger partial charge in [-0.2, -0.15) is 0 Å². The summed E-state index contributed by atoms with van der Waals surface area (Å²) in [6.07, 6.45) is 8.42. The van der Waals surface area contributed by atoms with Crippen LogP contribution in [-0.4, -0.2) is 50.6 Å². The van der Waals surface area contributed by atoms with Crippen LogP contribution in [0, 0.1) is 5.92 Å². The number of nitrogens with one attached hydrogen (secondary N) is 1. The molecule has 1 N–H and O–H groups in total. The summed E-state index contributed by atoms with van der Waals surface area (Å²) in [6, 6.07) is 7.50. The molecule has 1 amide bonds. The minimum absolute atomic E-state index is 0.0992. The van der Waals surface area contributed by atoms with Gasteiger partial charge in [0.25, 0.3) is 5.91 Å². The highest BCUT2D eigenvalue weighted by molar-refractivity contribution is 5.97. The summed E-state index contributed by atoms with van der Waals surface area (Å²) in [4.78, 5) is 16.3. The zero-order chi connectivity index (χ0) is 16.1. The second kappa shape index (κ2) is 7.64. The number of para-hydroxylation sites is 1. The van der Waals surface area contributed by atoms with Crippen molar-refractivity contribution in [3.63, 3.8) is 0 Å². The first-order chi connectivity index (χ1) is 11.3. The van der Waals surface area contributed by atoms with Crippen molar-refractivity contribution in [1.29, 1.82) is 0 Å². The highest BCUT2D eigenvalue weighted by Crippen LogP contribution is 2.19. The Balaban J connectivity index is 1.54. The van der Waals surface area contributed by atoms with Crippen LogP contribution in [0.5, 0.6) is 5.75 Å². The summed E-state index contributed by atoms with van der Waals surface area (Å²) < 4.78 is 5.32. The number of amides is 1. The van der Waals surface area contributed by atoms with E-state index in [4.69, 9.17) is 4.74 Å². The lowest BCUT2D eigenvalue weighted by Gasteiger charge is -2.34. The number of rotatable bonds is 4. The Morgan fingerprint density at radius 3 is 2.74 bits per heavy atom. The van der Waals surface area contributed by atoms with E-state index in [0.29, 0.717) is 11.3 Å². The summed E-state index contributed by atoms with van der Waals surface area (Å²) in [5, 5.41) is 0. The third-order valence-electron chi connectivity index (χ3n) is 5.05. The molecule has 1 aromatic carbocycles. The molecule has 0 aromatic heterocycles. The number of ether oxygens (including phenoxy) is 1. The van der Waals surface area contributed by atoms with Crippen LogP contribution in [-0.2, 0) is 0 Å². The molecule has 1 aliphatic heterocycles. The van der Waals surface area contributed by atoms with Crippen molar-refractivity contribution in [3.05, 3.63) is 42.0 Å². The average Bonchev–Trinajstić information content (AvgIpc) is 2.62. The summed E-state index contributed by atoms with van der Waals surface area (Å²) in [6.45, 7) is 5.05. The van der Waals surface area contributed by atoms with Gasteiger partial charge in [-0.1, -0.05) is 24.3 Å². The Bertz CT molecular complexity index is 562. The smallest absolute Gasteiger partial charge is 0.258 e. The number of carbonyl (C=O) groups excluding carboxylic acids is 1. The van der Waals surface area contributed by atoms with Crippen LogP contribution < -0.4 is 9.64 Å². The molecular weight excluding hydrogens is 288 g/mol. The number of methoxy groups -OCH3 is 1. The fraction of sp³-hybridized carbons (Fsp3) is 0.526. The van der Waals surface area contributed by atoms with Gasteiger partial charge in [-0.25, -0.2) is 0 Å². The Labute approximate surface area is 138 Å². The van der Waals surface area contributed by atoms with Gasteiger partial charge in [0.15, 0.2) is 0 Å². The highest BCUT2D eigenvalue weighted by atomic mass is 16.5. The standard InChI is InChI=1S/C19H26N2O2/c1-23-18-10-6-5-9-17(18)19(22)21-13-11-20(12-14-21)15-16-7-3-2-4-8-16/h2-3,5-6,9-10,16H,4,7-8,11-15H2,1H3/p+1. The second-order valence-electron chi connectivity index (χ2n) is 6.60. The molecule has 1 aliphatic carbocycles. The lowest BCUT2D eigenvalue weighted by atomic mass is 9.94. The van der Waals surface area contributed by atoms with Gasteiger partial charge >= 0.3 is 0 Å². The number of hydrogen-bond acceptors (Lipinski definition) is 2. The van der Waals surface area contributed by atoms with Gasteiger partial charge in [-0.15, -0.1) is 0 Å². The summed E-state index contributed by atoms with van der Waals surface area (Å²) in [7, 11) is 1.62. The van der Waals surface area contributed by atoms with Crippen molar-refractivity contribution < 1.29 is 14.4 Å². The molecule has 0 saturated carbocycles. The number of allylic oxidation sites excluding steroid dienone is 2. The van der Waals surface area contributed by atoms with Crippen LogP contribution in [0.4, 0.5) is 0 Å². The third-order valence-corrected chi connectivity index (χ3v) is 5.05. The number of quaternary nitrogens is 1. The number of benzene rings is 1. The van der Waals surface area contributed by atoms with E-state index in [1.807, 2.05) is 29.2 Å². The van der Waals surface area contributed by atoms with Crippen LogP contribution in [0.3, 0.4) is 0 Å². The molecule has 4 nitrogen and oxygen atoms in total. The zero-order valence-corrected chi connectivity index (χ0v) is 14.0. The second-order valence-corrected chi connectivity index (χ2v) is 6.60.